The fourth-order valence-electron chi connectivity index (χ4n) is 7.67. The van der Waals surface area contributed by atoms with Crippen molar-refractivity contribution in [3.8, 4) is 5.75 Å². The Morgan fingerprint density at radius 1 is 0.894 bits per heavy atom. The fourth-order valence-corrected chi connectivity index (χ4v) is 7.67. The number of nitrogens with zero attached hydrogens (tertiary/aromatic N) is 2. The molecule has 2 aromatic carbocycles. The SMILES string of the molecule is C/C=C1/NC(=O)[C@@H](NC(=O)[C@H](CCC(N)=O)NC(=O)CCC)[C@@H](C)OC(=O)C(C(C)C)NC(=O)[C@H](Cc2ccc(O)cc2)N(C)C(=O)[C@H](Cc2ccccc2)N2C(=O)[C@H](CC[C@H]2O)NC1=O. The predicted octanol–water partition coefficient (Wildman–Crippen LogP) is -0.0601. The molecule has 0 radical (unpaired) electrons. The third-order valence-corrected chi connectivity index (χ3v) is 11.4. The van der Waals surface area contributed by atoms with E-state index >= 15 is 0 Å². The summed E-state index contributed by atoms with van der Waals surface area (Å²) in [6, 6.07) is 5.86. The van der Waals surface area contributed by atoms with Crippen LogP contribution < -0.4 is 32.3 Å². The van der Waals surface area contributed by atoms with Crippen LogP contribution in [0.3, 0.4) is 0 Å². The number of benzene rings is 2. The molecule has 8 amide bonds. The van der Waals surface area contributed by atoms with E-state index in [1.165, 1.54) is 39.1 Å². The highest BCUT2D eigenvalue weighted by molar-refractivity contribution is 6.02. The number of carbonyl (C=O) groups is 9. The third-order valence-electron chi connectivity index (χ3n) is 11.4. The van der Waals surface area contributed by atoms with Crippen molar-refractivity contribution in [2.75, 3.05) is 7.05 Å². The van der Waals surface area contributed by atoms with Crippen LogP contribution in [0.15, 0.2) is 66.4 Å². The molecule has 8 atom stereocenters. The zero-order valence-corrected chi connectivity index (χ0v) is 38.1. The number of aromatic hydroxyl groups is 1. The summed E-state index contributed by atoms with van der Waals surface area (Å²) in [5.41, 5.74) is 6.07. The lowest BCUT2D eigenvalue weighted by Crippen LogP contribution is -2.64. The van der Waals surface area contributed by atoms with Crippen LogP contribution in [0.5, 0.6) is 5.75 Å². The van der Waals surface area contributed by atoms with Gasteiger partial charge in [-0.1, -0.05) is 69.3 Å². The molecule has 2 saturated heterocycles. The first kappa shape index (κ1) is 51.8. The van der Waals surface area contributed by atoms with Gasteiger partial charge in [0.2, 0.25) is 35.4 Å². The van der Waals surface area contributed by atoms with Gasteiger partial charge in [0.25, 0.3) is 11.8 Å². The van der Waals surface area contributed by atoms with E-state index in [0.717, 1.165) is 9.80 Å². The van der Waals surface area contributed by atoms with Crippen molar-refractivity contribution < 1.29 is 58.1 Å². The van der Waals surface area contributed by atoms with Crippen molar-refractivity contribution in [2.45, 2.75) is 135 Å². The van der Waals surface area contributed by atoms with Crippen LogP contribution in [0, 0.1) is 5.92 Å². The second-order valence-corrected chi connectivity index (χ2v) is 16.8. The second-order valence-electron chi connectivity index (χ2n) is 16.8. The largest absolute Gasteiger partial charge is 0.508 e. The van der Waals surface area contributed by atoms with Gasteiger partial charge in [0.1, 0.15) is 60.0 Å². The van der Waals surface area contributed by atoms with E-state index < -0.39 is 108 Å². The number of esters is 1. The number of nitrogens with two attached hydrogens (primary N) is 1. The molecule has 2 aliphatic heterocycles. The molecule has 0 saturated carbocycles. The Kier molecular flexibility index (Phi) is 18.8. The van der Waals surface area contributed by atoms with Crippen LogP contribution in [0.2, 0.25) is 0 Å². The average molecular weight is 919 g/mol. The zero-order chi connectivity index (χ0) is 48.8. The van der Waals surface area contributed by atoms with Crippen molar-refractivity contribution in [3.63, 3.8) is 0 Å². The van der Waals surface area contributed by atoms with Gasteiger partial charge >= 0.3 is 5.97 Å². The van der Waals surface area contributed by atoms with E-state index in [-0.39, 0.29) is 56.4 Å². The monoisotopic (exact) mass is 918 g/mol. The number of aliphatic hydroxyl groups is 1. The molecule has 0 aromatic heterocycles. The van der Waals surface area contributed by atoms with Crippen molar-refractivity contribution in [2.24, 2.45) is 11.7 Å². The summed E-state index contributed by atoms with van der Waals surface area (Å²) in [4.78, 5) is 127. The molecule has 4 rings (SSSR count). The fraction of sp³-hybridized carbons (Fsp3) is 0.500. The minimum absolute atomic E-state index is 0.0357. The first-order valence-electron chi connectivity index (χ1n) is 22.0. The maximum absolute atomic E-state index is 14.9. The van der Waals surface area contributed by atoms with Gasteiger partial charge in [-0.25, -0.2) is 4.79 Å². The number of hydrogen-bond acceptors (Lipinski definition) is 12. The smallest absolute Gasteiger partial charge is 0.329 e. The number of amides is 8. The Hall–Kier alpha value is -6.83. The first-order chi connectivity index (χ1) is 31.2. The number of hydrogen-bond donors (Lipinski definition) is 8. The standard InChI is InChI=1S/C46H62N8O12/c1-7-12-36(57)48-31(19-21-35(47)56)41(60)52-39-26(5)66-46(65)38(25(3)4)51-42(61)33(23-28-15-17-29(55)18-16-28)53(6)45(64)34(24-27-13-10-9-11-14-27)54-37(58)22-20-32(44(54)63)50-40(59)30(8-2)49-43(39)62/h8-11,13-18,25-26,31-34,37-39,55,58H,7,12,19-24H2,1-6H3,(H2,47,56)(H,48,57)(H,49,62)(H,50,59)(H,51,61)(H,52,60)/b30-8+/t26-,31+,32+,33+,34+,37-,38?,39+/m1/s1. The van der Waals surface area contributed by atoms with Gasteiger partial charge in [-0.05, 0) is 68.7 Å². The first-order valence-corrected chi connectivity index (χ1v) is 22.0. The van der Waals surface area contributed by atoms with Gasteiger partial charge in [0.05, 0.1) is 0 Å². The summed E-state index contributed by atoms with van der Waals surface area (Å²) < 4.78 is 5.80. The Morgan fingerprint density at radius 3 is 2.14 bits per heavy atom. The van der Waals surface area contributed by atoms with Crippen LogP contribution in [-0.2, 0) is 60.7 Å². The Labute approximate surface area is 383 Å². The highest BCUT2D eigenvalue weighted by atomic mass is 16.5. The van der Waals surface area contributed by atoms with Crippen LogP contribution in [0.1, 0.15) is 84.3 Å². The second kappa shape index (κ2) is 23.9. The van der Waals surface area contributed by atoms with Crippen molar-refractivity contribution >= 4 is 53.2 Å². The van der Waals surface area contributed by atoms with E-state index in [0.29, 0.717) is 17.5 Å². The number of cyclic esters (lactones) is 1. The lowest BCUT2D eigenvalue weighted by molar-refractivity contribution is -0.165. The van der Waals surface area contributed by atoms with Gasteiger partial charge in [0.15, 0.2) is 0 Å². The lowest BCUT2D eigenvalue weighted by atomic mass is 9.95. The normalized spacial score (nSPS) is 24.8. The number of carbonyl (C=O) groups excluding carboxylic acids is 9. The minimum Gasteiger partial charge on any atom is -0.508 e. The van der Waals surface area contributed by atoms with Crippen LogP contribution in [0.25, 0.3) is 0 Å². The maximum Gasteiger partial charge on any atom is 0.329 e. The van der Waals surface area contributed by atoms with E-state index in [1.807, 2.05) is 0 Å². The summed E-state index contributed by atoms with van der Waals surface area (Å²) in [6.45, 7) is 7.65. The van der Waals surface area contributed by atoms with Crippen molar-refractivity contribution in [1.29, 1.82) is 0 Å². The van der Waals surface area contributed by atoms with Crippen LogP contribution in [-0.4, -0.2) is 129 Å². The molecule has 2 fully saturated rings. The number of allylic oxidation sites excluding steroid dienone is 1. The van der Waals surface area contributed by atoms with Crippen molar-refractivity contribution in [3.05, 3.63) is 77.5 Å². The molecule has 358 valence electrons. The third kappa shape index (κ3) is 13.8. The maximum atomic E-state index is 14.9. The zero-order valence-electron chi connectivity index (χ0n) is 38.1. The summed E-state index contributed by atoms with van der Waals surface area (Å²) >= 11 is 0. The quantitative estimate of drug-likeness (QED) is 0.0969. The number of ether oxygens (including phenoxy) is 1. The molecule has 2 aromatic rings. The van der Waals surface area contributed by atoms with Gasteiger partial charge < -0.3 is 57.1 Å². The molecule has 0 aliphatic carbocycles. The molecule has 9 N–H and O–H groups in total. The van der Waals surface area contributed by atoms with Gasteiger partial charge in [-0.15, -0.1) is 0 Å². The number of nitrogens with one attached hydrogen (secondary N) is 5. The molecule has 20 heteroatoms. The number of primary amides is 1. The molecule has 2 heterocycles. The number of likely N-dealkylation sites (N-methyl/N-ethyl adjacent to an activating group) is 1. The van der Waals surface area contributed by atoms with Gasteiger partial charge in [-0.3, -0.25) is 38.4 Å². The van der Waals surface area contributed by atoms with Gasteiger partial charge in [0, 0.05) is 32.7 Å². The topological polar surface area (TPSA) is 296 Å². The van der Waals surface area contributed by atoms with Crippen LogP contribution in [0.4, 0.5) is 0 Å². The Balaban J connectivity index is 1.85. The van der Waals surface area contributed by atoms with Crippen LogP contribution >= 0.6 is 0 Å². The minimum atomic E-state index is -1.78. The molecule has 2 bridgehead atoms. The predicted molar refractivity (Wildman–Crippen MR) is 238 cm³/mol. The number of rotatable bonds is 13. The number of aliphatic hydroxyl groups excluding tert-OH is 1. The van der Waals surface area contributed by atoms with Gasteiger partial charge in [-0.2, -0.15) is 0 Å². The van der Waals surface area contributed by atoms with E-state index in [2.05, 4.69) is 26.6 Å². The lowest BCUT2D eigenvalue weighted by Gasteiger charge is -2.43. The van der Waals surface area contributed by atoms with E-state index in [4.69, 9.17) is 10.5 Å². The molecule has 1 unspecified atom stereocenters. The summed E-state index contributed by atoms with van der Waals surface area (Å²) in [5.74, 6) is -8.45. The van der Waals surface area contributed by atoms with E-state index in [9.17, 15) is 53.4 Å². The number of fused-ring (bicyclic) bond motifs is 2. The highest BCUT2D eigenvalue weighted by Gasteiger charge is 2.45. The Morgan fingerprint density at radius 2 is 1.53 bits per heavy atom. The molecular weight excluding hydrogens is 857 g/mol. The molecular formula is C46H62N8O12. The summed E-state index contributed by atoms with van der Waals surface area (Å²) in [5, 5.41) is 34.2. The molecule has 2 aliphatic rings. The Bertz CT molecular complexity index is 2130. The highest BCUT2D eigenvalue weighted by Crippen LogP contribution is 2.25. The summed E-state index contributed by atoms with van der Waals surface area (Å²) in [6.07, 6.45) is -2.33. The molecule has 66 heavy (non-hydrogen) atoms. The van der Waals surface area contributed by atoms with E-state index in [1.54, 1.807) is 63.2 Å². The summed E-state index contributed by atoms with van der Waals surface area (Å²) in [7, 11) is 1.35. The molecule has 20 nitrogen and oxygen atoms in total. The molecule has 0 spiro atoms. The number of phenols is 1. The number of phenolic OH excluding ortho intramolecular Hbond substituents is 1. The number of piperidine rings is 1. The average Bonchev–Trinajstić information content (AvgIpc) is 3.27. The van der Waals surface area contributed by atoms with Crippen molar-refractivity contribution in [1.82, 2.24) is 36.4 Å².